The van der Waals surface area contributed by atoms with Gasteiger partial charge in [0.05, 0.1) is 9.92 Å². The largest absolute Gasteiger partial charge is 0.573 e. The third kappa shape index (κ3) is 6.44. The van der Waals surface area contributed by atoms with Crippen LogP contribution in [-0.4, -0.2) is 33.5 Å². The van der Waals surface area contributed by atoms with Gasteiger partial charge in [0.1, 0.15) is 5.75 Å². The number of ether oxygens (including phenoxy) is 1. The molecule has 0 aliphatic carbocycles. The van der Waals surface area contributed by atoms with E-state index in [1.807, 2.05) is 0 Å². The molecule has 0 radical (unpaired) electrons. The van der Waals surface area contributed by atoms with Gasteiger partial charge in [-0.3, -0.25) is 4.79 Å². The van der Waals surface area contributed by atoms with E-state index in [1.165, 1.54) is 42.5 Å². The Hall–Kier alpha value is -2.26. The van der Waals surface area contributed by atoms with E-state index in [4.69, 9.17) is 11.6 Å². The van der Waals surface area contributed by atoms with Crippen LogP contribution in [0.5, 0.6) is 5.75 Å². The summed E-state index contributed by atoms with van der Waals surface area (Å²) in [5.41, 5.74) is 0.825. The normalized spacial score (nSPS) is 11.9. The lowest BCUT2D eigenvalue weighted by Crippen LogP contribution is -2.25. The average molecular weight is 422 g/mol. The third-order valence-electron chi connectivity index (χ3n) is 3.45. The predicted octanol–water partition coefficient (Wildman–Crippen LogP) is 3.61. The minimum absolute atomic E-state index is 0.0233. The van der Waals surface area contributed by atoms with E-state index >= 15 is 0 Å². The van der Waals surface area contributed by atoms with Crippen LogP contribution < -0.4 is 10.1 Å². The second kappa shape index (κ2) is 8.18. The van der Waals surface area contributed by atoms with E-state index < -0.39 is 22.1 Å². The Bertz CT molecular complexity index is 928. The number of sulfone groups is 1. The number of carbonyl (C=O) groups excluding carboxylic acids is 1. The molecule has 0 aliphatic heterocycles. The standard InChI is InChI=1S/C17H15ClF3NO4S/c1-27(24,25)15-10-12(4-7-14(15)18)16(23)22-9-8-11-2-5-13(6-3-11)26-17(19,20)21/h2-7,10H,8-9H2,1H3,(H,22,23). The number of rotatable bonds is 6. The molecule has 2 aromatic rings. The fraction of sp³-hybridized carbons (Fsp3) is 0.235. The van der Waals surface area contributed by atoms with Crippen molar-refractivity contribution in [3.63, 3.8) is 0 Å². The van der Waals surface area contributed by atoms with Crippen LogP contribution in [-0.2, 0) is 16.3 Å². The first kappa shape index (κ1) is 21.0. The van der Waals surface area contributed by atoms with E-state index in [1.54, 1.807) is 0 Å². The summed E-state index contributed by atoms with van der Waals surface area (Å²) in [6, 6.07) is 9.19. The molecule has 0 saturated carbocycles. The molecule has 2 aromatic carbocycles. The zero-order chi connectivity index (χ0) is 20.2. The number of benzene rings is 2. The summed E-state index contributed by atoms with van der Waals surface area (Å²) in [6.45, 7) is 0.204. The van der Waals surface area contributed by atoms with Crippen molar-refractivity contribution in [1.29, 1.82) is 0 Å². The number of amides is 1. The molecule has 0 atom stereocenters. The molecule has 0 unspecified atom stereocenters. The Morgan fingerprint density at radius 2 is 1.78 bits per heavy atom. The van der Waals surface area contributed by atoms with E-state index in [2.05, 4.69) is 10.1 Å². The summed E-state index contributed by atoms with van der Waals surface area (Å²) in [7, 11) is -3.57. The summed E-state index contributed by atoms with van der Waals surface area (Å²) in [5, 5.41) is 2.63. The van der Waals surface area contributed by atoms with Crippen LogP contribution in [0.1, 0.15) is 15.9 Å². The molecule has 0 aromatic heterocycles. The number of nitrogens with one attached hydrogen (secondary N) is 1. The van der Waals surface area contributed by atoms with Crippen LogP contribution in [0.2, 0.25) is 5.02 Å². The van der Waals surface area contributed by atoms with Crippen LogP contribution in [0.25, 0.3) is 0 Å². The lowest BCUT2D eigenvalue weighted by molar-refractivity contribution is -0.274. The van der Waals surface area contributed by atoms with Crippen LogP contribution in [0.4, 0.5) is 13.2 Å². The molecule has 1 amide bonds. The van der Waals surface area contributed by atoms with Crippen molar-refractivity contribution in [2.24, 2.45) is 0 Å². The van der Waals surface area contributed by atoms with Crippen molar-refractivity contribution < 1.29 is 31.1 Å². The topological polar surface area (TPSA) is 72.5 Å². The zero-order valence-electron chi connectivity index (χ0n) is 14.0. The second-order valence-corrected chi connectivity index (χ2v) is 8.01. The van der Waals surface area contributed by atoms with E-state index in [9.17, 15) is 26.4 Å². The second-order valence-electron chi connectivity index (χ2n) is 5.62. The quantitative estimate of drug-likeness (QED) is 0.773. The smallest absolute Gasteiger partial charge is 0.406 e. The van der Waals surface area contributed by atoms with Gasteiger partial charge >= 0.3 is 6.36 Å². The summed E-state index contributed by atoms with van der Waals surface area (Å²) < 4.78 is 63.4. The molecule has 5 nitrogen and oxygen atoms in total. The number of carbonyl (C=O) groups is 1. The Kier molecular flexibility index (Phi) is 6.38. The Morgan fingerprint density at radius 1 is 1.15 bits per heavy atom. The molecule has 10 heteroatoms. The van der Waals surface area contributed by atoms with Crippen molar-refractivity contribution in [3.8, 4) is 5.75 Å². The van der Waals surface area contributed by atoms with E-state index in [-0.39, 0.29) is 27.8 Å². The monoisotopic (exact) mass is 421 g/mol. The lowest BCUT2D eigenvalue weighted by Gasteiger charge is -2.10. The maximum Gasteiger partial charge on any atom is 0.573 e. The van der Waals surface area contributed by atoms with Gasteiger partial charge in [-0.1, -0.05) is 23.7 Å². The van der Waals surface area contributed by atoms with Crippen LogP contribution in [0, 0.1) is 0 Å². The molecule has 2 rings (SSSR count). The van der Waals surface area contributed by atoms with Gasteiger partial charge in [-0.05, 0) is 42.3 Å². The van der Waals surface area contributed by atoms with Crippen molar-refractivity contribution in [1.82, 2.24) is 5.32 Å². The number of alkyl halides is 3. The average Bonchev–Trinajstić information content (AvgIpc) is 2.54. The Morgan fingerprint density at radius 3 is 2.33 bits per heavy atom. The minimum atomic E-state index is -4.75. The Labute approximate surface area is 159 Å². The number of hydrogen-bond donors (Lipinski definition) is 1. The highest BCUT2D eigenvalue weighted by molar-refractivity contribution is 7.90. The molecular weight excluding hydrogens is 407 g/mol. The molecule has 27 heavy (non-hydrogen) atoms. The molecule has 0 bridgehead atoms. The highest BCUT2D eigenvalue weighted by Gasteiger charge is 2.30. The fourth-order valence-corrected chi connectivity index (χ4v) is 3.51. The van der Waals surface area contributed by atoms with Gasteiger partial charge in [-0.2, -0.15) is 0 Å². The van der Waals surface area contributed by atoms with Crippen LogP contribution >= 0.6 is 11.6 Å². The number of hydrogen-bond acceptors (Lipinski definition) is 4. The lowest BCUT2D eigenvalue weighted by atomic mass is 10.1. The molecule has 0 fully saturated rings. The molecule has 0 saturated heterocycles. The van der Waals surface area contributed by atoms with E-state index in [0.717, 1.165) is 6.26 Å². The highest BCUT2D eigenvalue weighted by atomic mass is 35.5. The number of halogens is 4. The summed E-state index contributed by atoms with van der Waals surface area (Å²) >= 11 is 5.83. The summed E-state index contributed by atoms with van der Waals surface area (Å²) in [4.78, 5) is 12.0. The molecule has 0 aliphatic rings. The first-order valence-corrected chi connectivity index (χ1v) is 9.85. The predicted molar refractivity (Wildman–Crippen MR) is 93.7 cm³/mol. The van der Waals surface area contributed by atoms with Gasteiger partial charge in [-0.25, -0.2) is 8.42 Å². The van der Waals surface area contributed by atoms with Gasteiger partial charge in [0, 0.05) is 18.4 Å². The SMILES string of the molecule is CS(=O)(=O)c1cc(C(=O)NCCc2ccc(OC(F)(F)F)cc2)ccc1Cl. The molecule has 0 heterocycles. The molecule has 1 N–H and O–H groups in total. The van der Waals surface area contributed by atoms with Crippen molar-refractivity contribution in [2.45, 2.75) is 17.7 Å². The first-order valence-electron chi connectivity index (χ1n) is 7.58. The van der Waals surface area contributed by atoms with Crippen molar-refractivity contribution in [3.05, 3.63) is 58.6 Å². The van der Waals surface area contributed by atoms with Crippen LogP contribution in [0.3, 0.4) is 0 Å². The van der Waals surface area contributed by atoms with Gasteiger partial charge in [0.25, 0.3) is 5.91 Å². The van der Waals surface area contributed by atoms with Gasteiger partial charge < -0.3 is 10.1 Å². The molecule has 0 spiro atoms. The third-order valence-corrected chi connectivity index (χ3v) is 5.03. The van der Waals surface area contributed by atoms with Crippen molar-refractivity contribution >= 4 is 27.3 Å². The summed E-state index contributed by atoms with van der Waals surface area (Å²) in [5.74, 6) is -0.821. The van der Waals surface area contributed by atoms with Gasteiger partial charge in [0.15, 0.2) is 9.84 Å². The highest BCUT2D eigenvalue weighted by Crippen LogP contribution is 2.23. The van der Waals surface area contributed by atoms with Crippen molar-refractivity contribution in [2.75, 3.05) is 12.8 Å². The van der Waals surface area contributed by atoms with Crippen LogP contribution in [0.15, 0.2) is 47.4 Å². The maximum atomic E-state index is 12.1. The fourth-order valence-electron chi connectivity index (χ4n) is 2.21. The zero-order valence-corrected chi connectivity index (χ0v) is 15.6. The van der Waals surface area contributed by atoms with Gasteiger partial charge in [0.2, 0.25) is 0 Å². The summed E-state index contributed by atoms with van der Waals surface area (Å²) in [6.07, 6.45) is -3.40. The molecular formula is C17H15ClF3NO4S. The first-order chi connectivity index (χ1) is 12.5. The van der Waals surface area contributed by atoms with E-state index in [0.29, 0.717) is 12.0 Å². The maximum absolute atomic E-state index is 12.1. The minimum Gasteiger partial charge on any atom is -0.406 e. The molecule has 146 valence electrons. The Balaban J connectivity index is 1.95. The van der Waals surface area contributed by atoms with Gasteiger partial charge in [-0.15, -0.1) is 13.2 Å².